The highest BCUT2D eigenvalue weighted by Crippen LogP contribution is 2.26. The highest BCUT2D eigenvalue weighted by molar-refractivity contribution is 5.84. The van der Waals surface area contributed by atoms with Crippen LogP contribution in [0.25, 0.3) is 21.9 Å². The summed E-state index contributed by atoms with van der Waals surface area (Å²) in [5, 5.41) is 0.578. The highest BCUT2D eigenvalue weighted by Gasteiger charge is 2.11. The molecule has 0 fully saturated rings. The molecule has 0 aliphatic rings. The van der Waals surface area contributed by atoms with Crippen molar-refractivity contribution >= 4 is 10.8 Å². The van der Waals surface area contributed by atoms with Gasteiger partial charge in [0.05, 0.1) is 5.56 Å². The zero-order valence-corrected chi connectivity index (χ0v) is 18.2. The first-order valence-electron chi connectivity index (χ1n) is 10.9. The van der Waals surface area contributed by atoms with E-state index in [1.807, 2.05) is 24.3 Å². The van der Waals surface area contributed by atoms with Crippen LogP contribution in [0.5, 0.6) is 0 Å². The molecule has 4 aromatic carbocycles. The first-order valence-corrected chi connectivity index (χ1v) is 10.9. The van der Waals surface area contributed by atoms with Crippen LogP contribution in [0, 0.1) is 35.1 Å². The predicted octanol–water partition coefficient (Wildman–Crippen LogP) is 8.20. The van der Waals surface area contributed by atoms with Crippen molar-refractivity contribution in [2.24, 2.45) is 0 Å². The van der Waals surface area contributed by atoms with Crippen molar-refractivity contribution in [2.45, 2.75) is 32.6 Å². The van der Waals surface area contributed by atoms with E-state index in [1.165, 1.54) is 42.3 Å². The Hall–Kier alpha value is -3.58. The van der Waals surface area contributed by atoms with Crippen LogP contribution in [-0.2, 0) is 6.42 Å². The number of rotatable bonds is 5. The maximum atomic E-state index is 14.7. The normalized spacial score (nSPS) is 10.8. The van der Waals surface area contributed by atoms with Gasteiger partial charge in [0.1, 0.15) is 11.6 Å². The third-order valence-corrected chi connectivity index (χ3v) is 5.64. The molecule has 33 heavy (non-hydrogen) atoms. The van der Waals surface area contributed by atoms with Crippen LogP contribution in [0.2, 0.25) is 0 Å². The highest BCUT2D eigenvalue weighted by atomic mass is 19.2. The molecule has 4 aromatic rings. The van der Waals surface area contributed by atoms with E-state index in [-0.39, 0.29) is 10.9 Å². The molecule has 0 saturated carbocycles. The molecule has 0 radical (unpaired) electrons. The van der Waals surface area contributed by atoms with Crippen molar-refractivity contribution in [3.8, 4) is 23.0 Å². The van der Waals surface area contributed by atoms with Crippen LogP contribution in [0.1, 0.15) is 42.9 Å². The van der Waals surface area contributed by atoms with Crippen molar-refractivity contribution in [2.75, 3.05) is 0 Å². The van der Waals surface area contributed by atoms with Crippen LogP contribution >= 0.6 is 0 Å². The smallest absolute Gasteiger partial charge is 0.166 e. The Morgan fingerprint density at radius 2 is 1.39 bits per heavy atom. The zero-order valence-electron chi connectivity index (χ0n) is 18.2. The van der Waals surface area contributed by atoms with E-state index in [2.05, 4.69) is 18.8 Å². The van der Waals surface area contributed by atoms with E-state index < -0.39 is 23.3 Å². The molecule has 0 atom stereocenters. The summed E-state index contributed by atoms with van der Waals surface area (Å²) in [6.45, 7) is 2.16. The first-order chi connectivity index (χ1) is 16.0. The SMILES string of the molecule is CCCCCc1ccc(-c2cc(F)c(C#Cc3ccc4c(F)c(F)ccc4c3)c(F)c2)cc1. The number of halogens is 4. The summed E-state index contributed by atoms with van der Waals surface area (Å²) in [7, 11) is 0. The molecule has 0 aromatic heterocycles. The fourth-order valence-corrected chi connectivity index (χ4v) is 3.78. The van der Waals surface area contributed by atoms with Crippen LogP contribution in [0.15, 0.2) is 66.7 Å². The third-order valence-electron chi connectivity index (χ3n) is 5.64. The zero-order chi connectivity index (χ0) is 23.4. The Kier molecular flexibility index (Phi) is 6.79. The Balaban J connectivity index is 1.58. The number of hydrogen-bond donors (Lipinski definition) is 0. The standard InChI is InChI=1S/C29H22F4/c1-2-3-4-5-19-6-10-21(11-7-19)23-17-27(31)25(28(32)18-23)14-9-20-8-13-24-22(16-20)12-15-26(30)29(24)33/h6-8,10-13,15-18H,2-5H2,1H3. The summed E-state index contributed by atoms with van der Waals surface area (Å²) < 4.78 is 56.6. The fraction of sp³-hybridized carbons (Fsp3) is 0.172. The lowest BCUT2D eigenvalue weighted by Gasteiger charge is -2.07. The summed E-state index contributed by atoms with van der Waals surface area (Å²) >= 11 is 0. The second kappa shape index (κ2) is 9.92. The number of hydrogen-bond acceptors (Lipinski definition) is 0. The minimum atomic E-state index is -0.936. The predicted molar refractivity (Wildman–Crippen MR) is 125 cm³/mol. The van der Waals surface area contributed by atoms with E-state index in [9.17, 15) is 17.6 Å². The largest absolute Gasteiger partial charge is 0.205 e. The molecule has 0 aliphatic heterocycles. The monoisotopic (exact) mass is 446 g/mol. The van der Waals surface area contributed by atoms with Gasteiger partial charge in [-0.15, -0.1) is 0 Å². The van der Waals surface area contributed by atoms with E-state index in [0.717, 1.165) is 30.9 Å². The maximum Gasteiger partial charge on any atom is 0.166 e. The molecule has 0 aliphatic carbocycles. The second-order valence-corrected chi connectivity index (χ2v) is 8.02. The lowest BCUT2D eigenvalue weighted by Crippen LogP contribution is -1.93. The summed E-state index contributed by atoms with van der Waals surface area (Å²) in [5.41, 5.74) is 2.48. The molecule has 0 nitrogen and oxygen atoms in total. The van der Waals surface area contributed by atoms with E-state index in [4.69, 9.17) is 0 Å². The number of fused-ring (bicyclic) bond motifs is 1. The first kappa shape index (κ1) is 22.6. The topological polar surface area (TPSA) is 0 Å². The lowest BCUT2D eigenvalue weighted by molar-refractivity contribution is 0.517. The molecule has 0 saturated heterocycles. The molecular formula is C29H22F4. The molecule has 0 unspecified atom stereocenters. The van der Waals surface area contributed by atoms with Crippen LogP contribution in [0.3, 0.4) is 0 Å². The Morgan fingerprint density at radius 1 is 0.667 bits per heavy atom. The molecule has 166 valence electrons. The summed E-state index contributed by atoms with van der Waals surface area (Å²) in [4.78, 5) is 0. The van der Waals surface area contributed by atoms with Crippen molar-refractivity contribution in [1.82, 2.24) is 0 Å². The summed E-state index contributed by atoms with van der Waals surface area (Å²) in [6, 6.07) is 17.2. The quantitative estimate of drug-likeness (QED) is 0.165. The lowest BCUT2D eigenvalue weighted by atomic mass is 9.99. The van der Waals surface area contributed by atoms with Gasteiger partial charge >= 0.3 is 0 Å². The van der Waals surface area contributed by atoms with E-state index in [1.54, 1.807) is 6.07 Å². The average Bonchev–Trinajstić information content (AvgIpc) is 2.81. The van der Waals surface area contributed by atoms with Gasteiger partial charge in [0.15, 0.2) is 11.6 Å². The maximum absolute atomic E-state index is 14.7. The van der Waals surface area contributed by atoms with Gasteiger partial charge in [-0.05, 0) is 65.3 Å². The molecule has 0 heterocycles. The van der Waals surface area contributed by atoms with Gasteiger partial charge in [-0.2, -0.15) is 0 Å². The van der Waals surface area contributed by atoms with Crippen molar-refractivity contribution in [3.63, 3.8) is 0 Å². The Morgan fingerprint density at radius 3 is 2.09 bits per heavy atom. The molecule has 0 N–H and O–H groups in total. The second-order valence-electron chi connectivity index (χ2n) is 8.02. The van der Waals surface area contributed by atoms with Gasteiger partial charge in [-0.25, -0.2) is 17.6 Å². The average molecular weight is 446 g/mol. The fourth-order valence-electron chi connectivity index (χ4n) is 3.78. The molecule has 0 bridgehead atoms. The van der Waals surface area contributed by atoms with Crippen molar-refractivity contribution in [3.05, 3.63) is 107 Å². The number of unbranched alkanes of at least 4 members (excludes halogenated alkanes) is 2. The van der Waals surface area contributed by atoms with Gasteiger partial charge in [0, 0.05) is 10.9 Å². The molecule has 0 spiro atoms. The number of aryl methyl sites for hydroxylation is 1. The van der Waals surface area contributed by atoms with Crippen molar-refractivity contribution < 1.29 is 17.6 Å². The molecule has 0 amide bonds. The number of benzene rings is 4. The van der Waals surface area contributed by atoms with Gasteiger partial charge in [0.2, 0.25) is 0 Å². The van der Waals surface area contributed by atoms with E-state index in [0.29, 0.717) is 16.5 Å². The van der Waals surface area contributed by atoms with E-state index >= 15 is 0 Å². The summed E-state index contributed by atoms with van der Waals surface area (Å²) in [5.74, 6) is 1.88. The van der Waals surface area contributed by atoms with Gasteiger partial charge in [0.25, 0.3) is 0 Å². The third kappa shape index (κ3) is 5.09. The Labute approximate surface area is 190 Å². The molecule has 4 heteroatoms. The van der Waals surface area contributed by atoms with Gasteiger partial charge in [-0.3, -0.25) is 0 Å². The van der Waals surface area contributed by atoms with Crippen molar-refractivity contribution in [1.29, 1.82) is 0 Å². The van der Waals surface area contributed by atoms with Crippen LogP contribution in [0.4, 0.5) is 17.6 Å². The van der Waals surface area contributed by atoms with Gasteiger partial charge < -0.3 is 0 Å². The molecular weight excluding hydrogens is 424 g/mol. The van der Waals surface area contributed by atoms with Crippen LogP contribution < -0.4 is 0 Å². The van der Waals surface area contributed by atoms with Gasteiger partial charge in [-0.1, -0.05) is 68.0 Å². The minimum absolute atomic E-state index is 0.124. The minimum Gasteiger partial charge on any atom is -0.205 e. The molecule has 4 rings (SSSR count). The Bertz CT molecular complexity index is 1340. The van der Waals surface area contributed by atoms with Crippen LogP contribution in [-0.4, -0.2) is 0 Å². The summed E-state index contributed by atoms with van der Waals surface area (Å²) in [6.07, 6.45) is 4.44.